The van der Waals surface area contributed by atoms with E-state index in [1.165, 1.54) is 6.92 Å². The third-order valence-corrected chi connectivity index (χ3v) is 4.50. The van der Waals surface area contributed by atoms with Crippen LogP contribution in [-0.4, -0.2) is 18.2 Å². The second-order valence-corrected chi connectivity index (χ2v) is 6.09. The van der Waals surface area contributed by atoms with Gasteiger partial charge in [0, 0.05) is 23.2 Å². The molecule has 4 rings (SSSR count). The van der Waals surface area contributed by atoms with Gasteiger partial charge >= 0.3 is 5.63 Å². The van der Waals surface area contributed by atoms with Crippen molar-refractivity contribution >= 4 is 28.3 Å². The summed E-state index contributed by atoms with van der Waals surface area (Å²) in [5.41, 5.74) is 2.13. The summed E-state index contributed by atoms with van der Waals surface area (Å²) < 4.78 is 5.26. The summed E-state index contributed by atoms with van der Waals surface area (Å²) in [6.07, 6.45) is 0.654. The molecule has 1 amide bonds. The van der Waals surface area contributed by atoms with Crippen LogP contribution in [0.4, 0.5) is 5.69 Å². The Kier molecular flexibility index (Phi) is 3.50. The monoisotopic (exact) mass is 333 g/mol. The Morgan fingerprint density at radius 2 is 1.88 bits per heavy atom. The molecule has 0 N–H and O–H groups in total. The first-order valence-electron chi connectivity index (χ1n) is 8.03. The number of carbonyl (C=O) groups is 2. The van der Waals surface area contributed by atoms with Crippen LogP contribution in [0, 0.1) is 0 Å². The minimum absolute atomic E-state index is 0.0113. The highest BCUT2D eigenvalue weighted by Gasteiger charge is 2.28. The molecule has 0 unspecified atom stereocenters. The van der Waals surface area contributed by atoms with Gasteiger partial charge in [0.15, 0.2) is 5.78 Å². The zero-order valence-corrected chi connectivity index (χ0v) is 13.6. The lowest BCUT2D eigenvalue weighted by molar-refractivity contribution is 0.0984. The van der Waals surface area contributed by atoms with Crippen LogP contribution in [0.3, 0.4) is 0 Å². The molecular weight excluding hydrogens is 318 g/mol. The fourth-order valence-electron chi connectivity index (χ4n) is 3.19. The van der Waals surface area contributed by atoms with Crippen LogP contribution in [0.5, 0.6) is 0 Å². The molecule has 2 aromatic carbocycles. The summed E-state index contributed by atoms with van der Waals surface area (Å²) in [5.74, 6) is -0.392. The third kappa shape index (κ3) is 2.54. The van der Waals surface area contributed by atoms with Gasteiger partial charge < -0.3 is 9.32 Å². The summed E-state index contributed by atoms with van der Waals surface area (Å²) in [4.78, 5) is 38.2. The van der Waals surface area contributed by atoms with E-state index in [0.717, 1.165) is 11.3 Å². The number of hydrogen-bond acceptors (Lipinski definition) is 4. The predicted molar refractivity (Wildman–Crippen MR) is 94.3 cm³/mol. The Morgan fingerprint density at radius 3 is 2.68 bits per heavy atom. The molecule has 0 saturated heterocycles. The standard InChI is InChI=1S/C20H15NO4/c1-12(22)13-6-7-17-14(10-13)8-9-21(17)19(23)16-11-15-4-2-3-5-18(15)25-20(16)24/h2-7,10-11H,8-9H2,1H3. The summed E-state index contributed by atoms with van der Waals surface area (Å²) in [5, 5.41) is 0.705. The number of ketones is 1. The molecular formula is C20H15NO4. The van der Waals surface area contributed by atoms with Crippen molar-refractivity contribution in [2.24, 2.45) is 0 Å². The van der Waals surface area contributed by atoms with Gasteiger partial charge in [0.25, 0.3) is 5.91 Å². The number of hydrogen-bond donors (Lipinski definition) is 0. The van der Waals surface area contributed by atoms with Gasteiger partial charge in [-0.2, -0.15) is 0 Å². The van der Waals surface area contributed by atoms with E-state index in [1.54, 1.807) is 41.3 Å². The molecule has 0 saturated carbocycles. The summed E-state index contributed by atoms with van der Waals surface area (Å²) >= 11 is 0. The highest BCUT2D eigenvalue weighted by molar-refractivity contribution is 6.08. The molecule has 0 spiro atoms. The maximum atomic E-state index is 12.9. The first kappa shape index (κ1) is 15.3. The van der Waals surface area contributed by atoms with Crippen LogP contribution in [0.15, 0.2) is 57.7 Å². The number of carbonyl (C=O) groups excluding carboxylic acids is 2. The molecule has 1 aromatic heterocycles. The van der Waals surface area contributed by atoms with Gasteiger partial charge in [-0.3, -0.25) is 9.59 Å². The molecule has 0 bridgehead atoms. The third-order valence-electron chi connectivity index (χ3n) is 4.50. The molecule has 5 nitrogen and oxygen atoms in total. The smallest absolute Gasteiger partial charge is 0.349 e. The van der Waals surface area contributed by atoms with Crippen molar-refractivity contribution in [1.29, 1.82) is 0 Å². The number of anilines is 1. The van der Waals surface area contributed by atoms with Crippen molar-refractivity contribution in [3.05, 3.63) is 75.6 Å². The number of Topliss-reactive ketones (excluding diaryl/α,β-unsaturated/α-hetero) is 1. The fourth-order valence-corrected chi connectivity index (χ4v) is 3.19. The van der Waals surface area contributed by atoms with E-state index < -0.39 is 5.63 Å². The van der Waals surface area contributed by atoms with Gasteiger partial charge in [-0.25, -0.2) is 4.79 Å². The Labute approximate surface area is 143 Å². The van der Waals surface area contributed by atoms with E-state index in [4.69, 9.17) is 4.42 Å². The van der Waals surface area contributed by atoms with Crippen LogP contribution in [0.25, 0.3) is 11.0 Å². The van der Waals surface area contributed by atoms with Gasteiger partial charge in [0.05, 0.1) is 0 Å². The number of fused-ring (bicyclic) bond motifs is 2. The first-order chi connectivity index (χ1) is 12.0. The molecule has 1 aliphatic heterocycles. The molecule has 5 heteroatoms. The van der Waals surface area contributed by atoms with Gasteiger partial charge in [-0.05, 0) is 49.2 Å². The van der Waals surface area contributed by atoms with E-state index in [0.29, 0.717) is 29.5 Å². The van der Waals surface area contributed by atoms with Crippen molar-refractivity contribution in [3.63, 3.8) is 0 Å². The van der Waals surface area contributed by atoms with Gasteiger partial charge in [0.1, 0.15) is 11.1 Å². The zero-order chi connectivity index (χ0) is 17.6. The minimum atomic E-state index is -0.641. The fraction of sp³-hybridized carbons (Fsp3) is 0.150. The Morgan fingerprint density at radius 1 is 1.08 bits per heavy atom. The summed E-state index contributed by atoms with van der Waals surface area (Å²) in [7, 11) is 0. The maximum Gasteiger partial charge on any atom is 0.349 e. The SMILES string of the molecule is CC(=O)c1ccc2c(c1)CCN2C(=O)c1cc2ccccc2oc1=O. The lowest BCUT2D eigenvalue weighted by Crippen LogP contribution is -2.32. The van der Waals surface area contributed by atoms with Crippen molar-refractivity contribution in [3.8, 4) is 0 Å². The number of nitrogens with zero attached hydrogens (tertiary/aromatic N) is 1. The number of amides is 1. The number of para-hydroxylation sites is 1. The quantitative estimate of drug-likeness (QED) is 0.533. The van der Waals surface area contributed by atoms with Crippen molar-refractivity contribution in [2.45, 2.75) is 13.3 Å². The summed E-state index contributed by atoms with van der Waals surface area (Å²) in [6.45, 7) is 1.99. The lowest BCUT2D eigenvalue weighted by Gasteiger charge is -2.17. The molecule has 25 heavy (non-hydrogen) atoms. The van der Waals surface area contributed by atoms with E-state index in [2.05, 4.69) is 0 Å². The lowest BCUT2D eigenvalue weighted by atomic mass is 10.1. The van der Waals surface area contributed by atoms with Crippen LogP contribution in [0.2, 0.25) is 0 Å². The molecule has 3 aromatic rings. The summed E-state index contributed by atoms with van der Waals surface area (Å²) in [6, 6.07) is 13.9. The van der Waals surface area contributed by atoms with Crippen LogP contribution >= 0.6 is 0 Å². The maximum absolute atomic E-state index is 12.9. The largest absolute Gasteiger partial charge is 0.422 e. The van der Waals surface area contributed by atoms with Crippen LogP contribution in [-0.2, 0) is 6.42 Å². The molecule has 0 fully saturated rings. The van der Waals surface area contributed by atoms with Crippen LogP contribution < -0.4 is 10.5 Å². The first-order valence-corrected chi connectivity index (χ1v) is 8.03. The second kappa shape index (κ2) is 5.70. The number of benzene rings is 2. The highest BCUT2D eigenvalue weighted by Crippen LogP contribution is 2.30. The topological polar surface area (TPSA) is 67.6 Å². The van der Waals surface area contributed by atoms with Crippen molar-refractivity contribution in [1.82, 2.24) is 0 Å². The molecule has 124 valence electrons. The van der Waals surface area contributed by atoms with Crippen molar-refractivity contribution < 1.29 is 14.0 Å². The van der Waals surface area contributed by atoms with E-state index in [-0.39, 0.29) is 17.3 Å². The zero-order valence-electron chi connectivity index (χ0n) is 13.6. The van der Waals surface area contributed by atoms with Gasteiger partial charge in [-0.1, -0.05) is 18.2 Å². The molecule has 0 atom stereocenters. The Bertz CT molecular complexity index is 1080. The average molecular weight is 333 g/mol. The van der Waals surface area contributed by atoms with Crippen molar-refractivity contribution in [2.75, 3.05) is 11.4 Å². The molecule has 0 radical (unpaired) electrons. The van der Waals surface area contributed by atoms with E-state index in [1.807, 2.05) is 12.1 Å². The minimum Gasteiger partial charge on any atom is -0.422 e. The van der Waals surface area contributed by atoms with E-state index >= 15 is 0 Å². The van der Waals surface area contributed by atoms with Gasteiger partial charge in [-0.15, -0.1) is 0 Å². The normalized spacial score (nSPS) is 13.1. The Hall–Kier alpha value is -3.21. The highest BCUT2D eigenvalue weighted by atomic mass is 16.4. The average Bonchev–Trinajstić information content (AvgIpc) is 3.03. The molecule has 1 aliphatic rings. The number of rotatable bonds is 2. The molecule has 2 heterocycles. The Balaban J connectivity index is 1.75. The predicted octanol–water partition coefficient (Wildman–Crippen LogP) is 3.20. The van der Waals surface area contributed by atoms with Gasteiger partial charge in [0.2, 0.25) is 0 Å². The second-order valence-electron chi connectivity index (χ2n) is 6.09. The van der Waals surface area contributed by atoms with Crippen LogP contribution in [0.1, 0.15) is 33.2 Å². The van der Waals surface area contributed by atoms with E-state index in [9.17, 15) is 14.4 Å². The molecule has 0 aliphatic carbocycles.